The maximum atomic E-state index is 12.2. The molecule has 8 nitrogen and oxygen atoms in total. The fraction of sp³-hybridized carbons (Fsp3) is 0.667. The van der Waals surface area contributed by atoms with Gasteiger partial charge in [0.25, 0.3) is 0 Å². The van der Waals surface area contributed by atoms with E-state index in [2.05, 4.69) is 26.6 Å². The van der Waals surface area contributed by atoms with Crippen molar-refractivity contribution in [3.63, 3.8) is 0 Å². The van der Waals surface area contributed by atoms with Crippen LogP contribution in [0.2, 0.25) is 0 Å². The van der Waals surface area contributed by atoms with Gasteiger partial charge in [0.15, 0.2) is 5.96 Å². The standard InChI is InChI=1S/C24H39N5O3.HI/c1-24(2,3)32-23(30)28-13-10-18(11-14-28)16-26-22(25-4)27-19-12-15-29(17-19)20-8-6-7-9-21(20)31-5;/h6-9,18-19H,10-17H2,1-5H3,(H2,25,26,27);1H. The second-order valence-corrected chi connectivity index (χ2v) is 9.61. The fourth-order valence-corrected chi connectivity index (χ4v) is 4.26. The highest BCUT2D eigenvalue weighted by atomic mass is 127. The average molecular weight is 574 g/mol. The summed E-state index contributed by atoms with van der Waals surface area (Å²) >= 11 is 0. The maximum Gasteiger partial charge on any atom is 0.410 e. The Bertz CT molecular complexity index is 791. The third kappa shape index (κ3) is 8.12. The van der Waals surface area contributed by atoms with Crippen molar-refractivity contribution in [3.05, 3.63) is 24.3 Å². The first-order valence-electron chi connectivity index (χ1n) is 11.6. The molecule has 1 aromatic rings. The van der Waals surface area contributed by atoms with Crippen LogP contribution in [0.25, 0.3) is 0 Å². The van der Waals surface area contributed by atoms with Gasteiger partial charge in [-0.3, -0.25) is 4.99 Å². The predicted molar refractivity (Wildman–Crippen MR) is 144 cm³/mol. The predicted octanol–water partition coefficient (Wildman–Crippen LogP) is 3.70. The van der Waals surface area contributed by atoms with E-state index in [-0.39, 0.29) is 30.1 Å². The Kier molecular flexibility index (Phi) is 10.4. The van der Waals surface area contributed by atoms with E-state index in [1.807, 2.05) is 50.9 Å². The van der Waals surface area contributed by atoms with Crippen LogP contribution in [-0.4, -0.2) is 75.5 Å². The Balaban J connectivity index is 0.00000385. The van der Waals surface area contributed by atoms with Gasteiger partial charge in [-0.05, 0) is 58.1 Å². The summed E-state index contributed by atoms with van der Waals surface area (Å²) in [6.45, 7) is 9.94. The molecule has 33 heavy (non-hydrogen) atoms. The topological polar surface area (TPSA) is 78.4 Å². The van der Waals surface area contributed by atoms with Crippen LogP contribution < -0.4 is 20.3 Å². The minimum atomic E-state index is -0.449. The van der Waals surface area contributed by atoms with Crippen molar-refractivity contribution in [1.82, 2.24) is 15.5 Å². The summed E-state index contributed by atoms with van der Waals surface area (Å²) in [6, 6.07) is 8.49. The van der Waals surface area contributed by atoms with Crippen LogP contribution in [0.3, 0.4) is 0 Å². The lowest BCUT2D eigenvalue weighted by molar-refractivity contribution is 0.0185. The van der Waals surface area contributed by atoms with Gasteiger partial charge in [-0.25, -0.2) is 4.79 Å². The van der Waals surface area contributed by atoms with E-state index in [0.717, 1.165) is 69.4 Å². The highest BCUT2D eigenvalue weighted by molar-refractivity contribution is 14.0. The number of guanidine groups is 1. The molecule has 1 unspecified atom stereocenters. The number of piperidine rings is 1. The zero-order valence-electron chi connectivity index (χ0n) is 20.6. The molecule has 0 spiro atoms. The molecular weight excluding hydrogens is 533 g/mol. The molecule has 2 saturated heterocycles. The number of hydrogen-bond acceptors (Lipinski definition) is 5. The SMILES string of the molecule is CN=C(NCC1CCN(C(=O)OC(C)(C)C)CC1)NC1CCN(c2ccccc2OC)C1.I. The van der Waals surface area contributed by atoms with Crippen molar-refractivity contribution in [2.45, 2.75) is 51.7 Å². The van der Waals surface area contributed by atoms with Crippen molar-refractivity contribution in [1.29, 1.82) is 0 Å². The number of likely N-dealkylation sites (tertiary alicyclic amines) is 1. The third-order valence-corrected chi connectivity index (χ3v) is 6.00. The number of ether oxygens (including phenoxy) is 2. The fourth-order valence-electron chi connectivity index (χ4n) is 4.26. The number of anilines is 1. The highest BCUT2D eigenvalue weighted by Crippen LogP contribution is 2.30. The number of methoxy groups -OCH3 is 1. The Hall–Kier alpha value is -1.91. The van der Waals surface area contributed by atoms with Gasteiger partial charge in [-0.2, -0.15) is 0 Å². The molecule has 2 N–H and O–H groups in total. The molecule has 3 rings (SSSR count). The van der Waals surface area contributed by atoms with Crippen molar-refractivity contribution in [2.24, 2.45) is 10.9 Å². The van der Waals surface area contributed by atoms with Crippen molar-refractivity contribution < 1.29 is 14.3 Å². The van der Waals surface area contributed by atoms with Gasteiger partial charge in [0.1, 0.15) is 11.4 Å². The van der Waals surface area contributed by atoms with Gasteiger partial charge in [-0.15, -0.1) is 24.0 Å². The van der Waals surface area contributed by atoms with E-state index < -0.39 is 5.60 Å². The Morgan fingerprint density at radius 3 is 2.48 bits per heavy atom. The zero-order valence-corrected chi connectivity index (χ0v) is 22.9. The molecule has 0 radical (unpaired) electrons. The van der Waals surface area contributed by atoms with E-state index >= 15 is 0 Å². The minimum Gasteiger partial charge on any atom is -0.495 e. The molecule has 9 heteroatoms. The number of hydrogen-bond donors (Lipinski definition) is 2. The largest absolute Gasteiger partial charge is 0.495 e. The molecule has 2 aliphatic rings. The highest BCUT2D eigenvalue weighted by Gasteiger charge is 2.28. The Labute approximate surface area is 215 Å². The number of benzene rings is 1. The number of amides is 1. The van der Waals surface area contributed by atoms with Crippen molar-refractivity contribution >= 4 is 41.7 Å². The zero-order chi connectivity index (χ0) is 23.1. The molecule has 1 aromatic carbocycles. The molecule has 0 bridgehead atoms. The smallest absolute Gasteiger partial charge is 0.410 e. The summed E-state index contributed by atoms with van der Waals surface area (Å²) < 4.78 is 11.0. The number of carbonyl (C=O) groups is 1. The number of para-hydroxylation sites is 2. The number of aliphatic imine (C=N–C) groups is 1. The summed E-state index contributed by atoms with van der Waals surface area (Å²) in [4.78, 5) is 20.8. The second-order valence-electron chi connectivity index (χ2n) is 9.61. The summed E-state index contributed by atoms with van der Waals surface area (Å²) in [5.74, 6) is 2.26. The molecule has 2 fully saturated rings. The molecule has 2 heterocycles. The number of carbonyl (C=O) groups excluding carboxylic acids is 1. The third-order valence-electron chi connectivity index (χ3n) is 6.00. The van der Waals surface area contributed by atoms with Gasteiger partial charge in [0, 0.05) is 45.8 Å². The molecule has 2 aliphatic heterocycles. The molecule has 0 saturated carbocycles. The number of rotatable bonds is 5. The summed E-state index contributed by atoms with van der Waals surface area (Å²) in [6.07, 6.45) is 2.78. The van der Waals surface area contributed by atoms with E-state index in [0.29, 0.717) is 12.0 Å². The van der Waals surface area contributed by atoms with Crippen molar-refractivity contribution in [3.8, 4) is 5.75 Å². The van der Waals surface area contributed by atoms with Crippen molar-refractivity contribution in [2.75, 3.05) is 51.8 Å². The Morgan fingerprint density at radius 2 is 1.85 bits per heavy atom. The number of nitrogens with one attached hydrogen (secondary N) is 2. The first-order valence-corrected chi connectivity index (χ1v) is 11.6. The molecule has 0 aliphatic carbocycles. The van der Waals surface area contributed by atoms with E-state index in [1.165, 1.54) is 0 Å². The lowest BCUT2D eigenvalue weighted by atomic mass is 9.97. The molecule has 1 atom stereocenters. The lowest BCUT2D eigenvalue weighted by Gasteiger charge is -2.33. The summed E-state index contributed by atoms with van der Waals surface area (Å²) in [5.41, 5.74) is 0.689. The van der Waals surface area contributed by atoms with E-state index in [4.69, 9.17) is 9.47 Å². The van der Waals surface area contributed by atoms with Gasteiger partial charge < -0.3 is 29.9 Å². The summed E-state index contributed by atoms with van der Waals surface area (Å²) in [7, 11) is 3.53. The molecule has 0 aromatic heterocycles. The quantitative estimate of drug-likeness (QED) is 0.318. The van der Waals surface area contributed by atoms with Crippen LogP contribution in [-0.2, 0) is 4.74 Å². The normalized spacial score (nSPS) is 19.7. The first-order chi connectivity index (χ1) is 15.3. The van der Waals surface area contributed by atoms with Gasteiger partial charge >= 0.3 is 6.09 Å². The van der Waals surface area contributed by atoms with E-state index in [9.17, 15) is 4.79 Å². The second kappa shape index (κ2) is 12.5. The van der Waals surface area contributed by atoms with Crippen LogP contribution in [0, 0.1) is 5.92 Å². The molecule has 186 valence electrons. The molecule has 1 amide bonds. The first kappa shape index (κ1) is 27.3. The van der Waals surface area contributed by atoms with Gasteiger partial charge in [0.05, 0.1) is 12.8 Å². The van der Waals surface area contributed by atoms with Crippen LogP contribution in [0.5, 0.6) is 5.75 Å². The van der Waals surface area contributed by atoms with Gasteiger partial charge in [-0.1, -0.05) is 12.1 Å². The number of nitrogens with zero attached hydrogens (tertiary/aromatic N) is 3. The lowest BCUT2D eigenvalue weighted by Crippen LogP contribution is -2.48. The Morgan fingerprint density at radius 1 is 1.15 bits per heavy atom. The average Bonchev–Trinajstić information content (AvgIpc) is 3.24. The monoisotopic (exact) mass is 573 g/mol. The van der Waals surface area contributed by atoms with Gasteiger partial charge in [0.2, 0.25) is 0 Å². The maximum absolute atomic E-state index is 12.2. The minimum absolute atomic E-state index is 0. The number of halogens is 1. The van der Waals surface area contributed by atoms with Crippen LogP contribution in [0.1, 0.15) is 40.0 Å². The summed E-state index contributed by atoms with van der Waals surface area (Å²) in [5, 5.41) is 7.05. The van der Waals surface area contributed by atoms with Crippen LogP contribution in [0.15, 0.2) is 29.3 Å². The van der Waals surface area contributed by atoms with Crippen LogP contribution >= 0.6 is 24.0 Å². The van der Waals surface area contributed by atoms with E-state index in [1.54, 1.807) is 7.11 Å². The molecular formula is C24H40IN5O3. The van der Waals surface area contributed by atoms with Crippen LogP contribution in [0.4, 0.5) is 10.5 Å².